The number of hydrogen-bond acceptors (Lipinski definition) is 3. The largest absolute Gasteiger partial charge is 0.373 e. The minimum atomic E-state index is -0.0373. The van der Waals surface area contributed by atoms with E-state index in [1.165, 1.54) is 5.56 Å². The van der Waals surface area contributed by atoms with Crippen LogP contribution in [-0.4, -0.2) is 42.6 Å². The van der Waals surface area contributed by atoms with Crippen molar-refractivity contribution in [2.75, 3.05) is 19.7 Å². The molecule has 2 unspecified atom stereocenters. The van der Waals surface area contributed by atoms with Crippen LogP contribution in [0.4, 0.5) is 0 Å². The second-order valence-electron chi connectivity index (χ2n) is 5.09. The second kappa shape index (κ2) is 6.68. The average molecular weight is 262 g/mol. The summed E-state index contributed by atoms with van der Waals surface area (Å²) in [6.07, 6.45) is 1.31. The monoisotopic (exact) mass is 262 g/mol. The molecule has 0 aromatic heterocycles. The summed E-state index contributed by atoms with van der Waals surface area (Å²) >= 11 is 0. The van der Waals surface area contributed by atoms with Gasteiger partial charge in [-0.05, 0) is 18.9 Å². The maximum Gasteiger partial charge on any atom is 0.223 e. The molecule has 1 saturated heterocycles. The SMILES string of the molecule is CC(N)C1CN(C(=O)CCc2ccccc2)CCO1. The van der Waals surface area contributed by atoms with Gasteiger partial charge >= 0.3 is 0 Å². The first-order valence-electron chi connectivity index (χ1n) is 6.85. The Labute approximate surface area is 114 Å². The molecule has 1 amide bonds. The summed E-state index contributed by atoms with van der Waals surface area (Å²) < 4.78 is 5.56. The summed E-state index contributed by atoms with van der Waals surface area (Å²) in [4.78, 5) is 14.0. The number of rotatable bonds is 4. The molecule has 2 N–H and O–H groups in total. The third kappa shape index (κ3) is 4.04. The van der Waals surface area contributed by atoms with Gasteiger partial charge in [0, 0.05) is 25.6 Å². The summed E-state index contributed by atoms with van der Waals surface area (Å²) in [5, 5.41) is 0. The van der Waals surface area contributed by atoms with E-state index in [1.807, 2.05) is 30.0 Å². The summed E-state index contributed by atoms with van der Waals surface area (Å²) in [5.74, 6) is 0.192. The van der Waals surface area contributed by atoms with Crippen molar-refractivity contribution in [3.8, 4) is 0 Å². The molecular formula is C15H22N2O2. The van der Waals surface area contributed by atoms with Crippen LogP contribution in [0.3, 0.4) is 0 Å². The lowest BCUT2D eigenvalue weighted by Crippen LogP contribution is -2.51. The molecule has 19 heavy (non-hydrogen) atoms. The van der Waals surface area contributed by atoms with E-state index in [-0.39, 0.29) is 18.1 Å². The second-order valence-corrected chi connectivity index (χ2v) is 5.09. The minimum Gasteiger partial charge on any atom is -0.373 e. The number of hydrogen-bond donors (Lipinski definition) is 1. The number of aryl methyl sites for hydroxylation is 1. The number of nitrogens with two attached hydrogens (primary N) is 1. The summed E-state index contributed by atoms with van der Waals surface area (Å²) in [6.45, 7) is 3.80. The molecule has 2 rings (SSSR count). The molecule has 2 atom stereocenters. The number of carbonyl (C=O) groups is 1. The number of amides is 1. The van der Waals surface area contributed by atoms with Gasteiger partial charge < -0.3 is 15.4 Å². The van der Waals surface area contributed by atoms with E-state index in [1.54, 1.807) is 0 Å². The zero-order chi connectivity index (χ0) is 13.7. The van der Waals surface area contributed by atoms with Crippen molar-refractivity contribution in [3.63, 3.8) is 0 Å². The highest BCUT2D eigenvalue weighted by molar-refractivity contribution is 5.76. The van der Waals surface area contributed by atoms with Crippen molar-refractivity contribution in [1.82, 2.24) is 4.90 Å². The van der Waals surface area contributed by atoms with Crippen LogP contribution < -0.4 is 5.73 Å². The van der Waals surface area contributed by atoms with Crippen LogP contribution >= 0.6 is 0 Å². The number of ether oxygens (including phenoxy) is 1. The highest BCUT2D eigenvalue weighted by Crippen LogP contribution is 2.11. The van der Waals surface area contributed by atoms with E-state index < -0.39 is 0 Å². The lowest BCUT2D eigenvalue weighted by molar-refractivity contribution is -0.139. The van der Waals surface area contributed by atoms with Crippen molar-refractivity contribution in [1.29, 1.82) is 0 Å². The third-order valence-corrected chi connectivity index (χ3v) is 3.50. The molecule has 4 heteroatoms. The smallest absolute Gasteiger partial charge is 0.223 e. The fraction of sp³-hybridized carbons (Fsp3) is 0.533. The zero-order valence-electron chi connectivity index (χ0n) is 11.4. The van der Waals surface area contributed by atoms with E-state index >= 15 is 0 Å². The van der Waals surface area contributed by atoms with Gasteiger partial charge in [-0.15, -0.1) is 0 Å². The van der Waals surface area contributed by atoms with Gasteiger partial charge in [0.1, 0.15) is 0 Å². The Morgan fingerprint density at radius 3 is 2.89 bits per heavy atom. The van der Waals surface area contributed by atoms with Gasteiger partial charge in [0.25, 0.3) is 0 Å². The van der Waals surface area contributed by atoms with E-state index in [0.717, 1.165) is 6.42 Å². The molecular weight excluding hydrogens is 240 g/mol. The lowest BCUT2D eigenvalue weighted by atomic mass is 10.1. The first kappa shape index (κ1) is 14.0. The fourth-order valence-corrected chi connectivity index (χ4v) is 2.27. The van der Waals surface area contributed by atoms with Gasteiger partial charge in [0.2, 0.25) is 5.91 Å². The molecule has 1 heterocycles. The highest BCUT2D eigenvalue weighted by Gasteiger charge is 2.26. The summed E-state index contributed by atoms with van der Waals surface area (Å²) in [5.41, 5.74) is 7.03. The van der Waals surface area contributed by atoms with Crippen LogP contribution in [-0.2, 0) is 16.0 Å². The van der Waals surface area contributed by atoms with Gasteiger partial charge in [0.15, 0.2) is 0 Å². The number of nitrogens with zero attached hydrogens (tertiary/aromatic N) is 1. The van der Waals surface area contributed by atoms with E-state index in [0.29, 0.717) is 26.1 Å². The van der Waals surface area contributed by atoms with Crippen LogP contribution in [0.25, 0.3) is 0 Å². The molecule has 104 valence electrons. The van der Waals surface area contributed by atoms with Gasteiger partial charge in [-0.2, -0.15) is 0 Å². The summed E-state index contributed by atoms with van der Waals surface area (Å²) in [7, 11) is 0. The van der Waals surface area contributed by atoms with E-state index in [9.17, 15) is 4.79 Å². The lowest BCUT2D eigenvalue weighted by Gasteiger charge is -2.34. The van der Waals surface area contributed by atoms with Crippen molar-refractivity contribution < 1.29 is 9.53 Å². The first-order valence-corrected chi connectivity index (χ1v) is 6.85. The van der Waals surface area contributed by atoms with Crippen LogP contribution in [0.2, 0.25) is 0 Å². The third-order valence-electron chi connectivity index (χ3n) is 3.50. The molecule has 1 aliphatic rings. The first-order chi connectivity index (χ1) is 9.16. The molecule has 1 fully saturated rings. The van der Waals surface area contributed by atoms with E-state index in [2.05, 4.69) is 12.1 Å². The number of morpholine rings is 1. The van der Waals surface area contributed by atoms with Gasteiger partial charge in [0.05, 0.1) is 12.7 Å². The molecule has 1 aliphatic heterocycles. The molecule has 1 aromatic carbocycles. The average Bonchev–Trinajstić information content (AvgIpc) is 2.46. The van der Waals surface area contributed by atoms with Crippen LogP contribution in [0.5, 0.6) is 0 Å². The Balaban J connectivity index is 1.83. The maximum atomic E-state index is 12.2. The van der Waals surface area contributed by atoms with Gasteiger partial charge in [-0.1, -0.05) is 30.3 Å². The van der Waals surface area contributed by atoms with E-state index in [4.69, 9.17) is 10.5 Å². The molecule has 0 aliphatic carbocycles. The van der Waals surface area contributed by atoms with Crippen LogP contribution in [0, 0.1) is 0 Å². The molecule has 0 radical (unpaired) electrons. The Hall–Kier alpha value is -1.39. The van der Waals surface area contributed by atoms with Gasteiger partial charge in [-0.25, -0.2) is 0 Å². The predicted octanol–water partition coefficient (Wildman–Crippen LogP) is 1.19. The Morgan fingerprint density at radius 1 is 1.47 bits per heavy atom. The molecule has 4 nitrogen and oxygen atoms in total. The molecule has 0 spiro atoms. The fourth-order valence-electron chi connectivity index (χ4n) is 2.27. The molecule has 0 saturated carbocycles. The number of carbonyl (C=O) groups excluding carboxylic acids is 1. The predicted molar refractivity (Wildman–Crippen MR) is 74.7 cm³/mol. The zero-order valence-corrected chi connectivity index (χ0v) is 11.4. The topological polar surface area (TPSA) is 55.6 Å². The van der Waals surface area contributed by atoms with Crippen LogP contribution in [0.15, 0.2) is 30.3 Å². The Bertz CT molecular complexity index is 406. The van der Waals surface area contributed by atoms with Gasteiger partial charge in [-0.3, -0.25) is 4.79 Å². The minimum absolute atomic E-state index is 0.0329. The normalized spacial score (nSPS) is 21.2. The quantitative estimate of drug-likeness (QED) is 0.887. The summed E-state index contributed by atoms with van der Waals surface area (Å²) in [6, 6.07) is 10.1. The van der Waals surface area contributed by atoms with Crippen molar-refractivity contribution >= 4 is 5.91 Å². The van der Waals surface area contributed by atoms with Crippen LogP contribution in [0.1, 0.15) is 18.9 Å². The van der Waals surface area contributed by atoms with Crippen molar-refractivity contribution in [2.24, 2.45) is 5.73 Å². The Kier molecular flexibility index (Phi) is 4.93. The Morgan fingerprint density at radius 2 is 2.21 bits per heavy atom. The molecule has 0 bridgehead atoms. The van der Waals surface area contributed by atoms with Crippen molar-refractivity contribution in [3.05, 3.63) is 35.9 Å². The molecule has 1 aromatic rings. The van der Waals surface area contributed by atoms with Crippen molar-refractivity contribution in [2.45, 2.75) is 31.9 Å². The maximum absolute atomic E-state index is 12.2. The standard InChI is InChI=1S/C15H22N2O2/c1-12(16)14-11-17(9-10-19-14)15(18)8-7-13-5-3-2-4-6-13/h2-6,12,14H,7-11,16H2,1H3. The number of benzene rings is 1. The highest BCUT2D eigenvalue weighted by atomic mass is 16.5.